The molecule has 1 amide bonds. The molecule has 1 unspecified atom stereocenters. The van der Waals surface area contributed by atoms with E-state index in [-0.39, 0.29) is 11.5 Å². The Morgan fingerprint density at radius 2 is 2.03 bits per heavy atom. The van der Waals surface area contributed by atoms with Gasteiger partial charge in [0.1, 0.15) is 9.88 Å². The number of benzene rings is 2. The smallest absolute Gasteiger partial charge is 0.335 e. The SMILES string of the molecule is Cc1nc(-c2ccc(Cl)cc2)sc1C(=O)NCC1CCCN(c2cccc(C(=O)O)c2)C1. The summed E-state index contributed by atoms with van der Waals surface area (Å²) in [6.45, 7) is 4.08. The van der Waals surface area contributed by atoms with Crippen LogP contribution in [0.25, 0.3) is 10.6 Å². The van der Waals surface area contributed by atoms with Crippen molar-refractivity contribution in [2.75, 3.05) is 24.5 Å². The van der Waals surface area contributed by atoms with Gasteiger partial charge in [0.15, 0.2) is 0 Å². The van der Waals surface area contributed by atoms with Gasteiger partial charge in [-0.3, -0.25) is 4.79 Å². The first-order valence-corrected chi connectivity index (χ1v) is 11.7. The Labute approximate surface area is 195 Å². The molecule has 2 N–H and O–H groups in total. The summed E-state index contributed by atoms with van der Waals surface area (Å²) in [5.74, 6) is -0.735. The third-order valence-electron chi connectivity index (χ3n) is 5.62. The molecule has 0 saturated carbocycles. The van der Waals surface area contributed by atoms with Crippen molar-refractivity contribution in [2.24, 2.45) is 5.92 Å². The van der Waals surface area contributed by atoms with E-state index in [1.165, 1.54) is 11.3 Å². The van der Waals surface area contributed by atoms with Crippen molar-refractivity contribution in [3.05, 3.63) is 69.7 Å². The minimum Gasteiger partial charge on any atom is -0.478 e. The van der Waals surface area contributed by atoms with Gasteiger partial charge in [0.2, 0.25) is 0 Å². The number of carbonyl (C=O) groups excluding carboxylic acids is 1. The van der Waals surface area contributed by atoms with Crippen LogP contribution in [0, 0.1) is 12.8 Å². The van der Waals surface area contributed by atoms with Crippen molar-refractivity contribution in [3.8, 4) is 10.6 Å². The third-order valence-corrected chi connectivity index (χ3v) is 7.08. The molecule has 0 radical (unpaired) electrons. The first kappa shape index (κ1) is 22.3. The predicted octanol–water partition coefficient (Wildman–Crippen LogP) is 5.12. The molecule has 1 fully saturated rings. The first-order chi connectivity index (χ1) is 15.4. The van der Waals surface area contributed by atoms with Crippen LogP contribution in [0.3, 0.4) is 0 Å². The summed E-state index contributed by atoms with van der Waals surface area (Å²) in [6, 6.07) is 14.5. The molecule has 0 spiro atoms. The Balaban J connectivity index is 1.38. The number of aromatic nitrogens is 1. The molecule has 0 bridgehead atoms. The molecule has 1 saturated heterocycles. The maximum absolute atomic E-state index is 12.8. The zero-order valence-corrected chi connectivity index (χ0v) is 19.2. The van der Waals surface area contributed by atoms with E-state index in [0.29, 0.717) is 28.1 Å². The van der Waals surface area contributed by atoms with E-state index in [1.807, 2.05) is 37.3 Å². The molecule has 2 heterocycles. The first-order valence-electron chi connectivity index (χ1n) is 10.5. The number of carbonyl (C=O) groups is 2. The third kappa shape index (κ3) is 5.11. The van der Waals surface area contributed by atoms with Gasteiger partial charge >= 0.3 is 5.97 Å². The van der Waals surface area contributed by atoms with E-state index in [4.69, 9.17) is 11.6 Å². The number of amides is 1. The number of nitrogens with zero attached hydrogens (tertiary/aromatic N) is 2. The summed E-state index contributed by atoms with van der Waals surface area (Å²) in [6.07, 6.45) is 2.02. The van der Waals surface area contributed by atoms with Gasteiger partial charge < -0.3 is 15.3 Å². The van der Waals surface area contributed by atoms with E-state index in [9.17, 15) is 14.7 Å². The molecule has 4 rings (SSSR count). The van der Waals surface area contributed by atoms with E-state index in [0.717, 1.165) is 42.2 Å². The monoisotopic (exact) mass is 469 g/mol. The molecule has 1 aliphatic rings. The van der Waals surface area contributed by atoms with Crippen molar-refractivity contribution in [1.82, 2.24) is 10.3 Å². The summed E-state index contributed by atoms with van der Waals surface area (Å²) in [5.41, 5.74) is 2.85. The lowest BCUT2D eigenvalue weighted by Gasteiger charge is -2.34. The second-order valence-corrected chi connectivity index (χ2v) is 9.40. The number of hydrogen-bond acceptors (Lipinski definition) is 5. The maximum Gasteiger partial charge on any atom is 0.335 e. The average Bonchev–Trinajstić information content (AvgIpc) is 3.20. The van der Waals surface area contributed by atoms with E-state index >= 15 is 0 Å². The number of carboxylic acid groups (broad SMARTS) is 1. The Bertz CT molecular complexity index is 1130. The number of aryl methyl sites for hydroxylation is 1. The van der Waals surface area contributed by atoms with Gasteiger partial charge in [0, 0.05) is 35.9 Å². The number of hydrogen-bond donors (Lipinski definition) is 2. The number of nitrogens with one attached hydrogen (secondary N) is 1. The second-order valence-electron chi connectivity index (χ2n) is 7.96. The Kier molecular flexibility index (Phi) is 6.77. The van der Waals surface area contributed by atoms with Crippen LogP contribution in [0.15, 0.2) is 48.5 Å². The van der Waals surface area contributed by atoms with E-state index in [1.54, 1.807) is 18.2 Å². The fourth-order valence-electron chi connectivity index (χ4n) is 3.94. The van der Waals surface area contributed by atoms with Gasteiger partial charge in [-0.2, -0.15) is 0 Å². The zero-order valence-electron chi connectivity index (χ0n) is 17.7. The summed E-state index contributed by atoms with van der Waals surface area (Å²) in [7, 11) is 0. The van der Waals surface area contributed by atoms with Crippen molar-refractivity contribution >= 4 is 40.5 Å². The Morgan fingerprint density at radius 3 is 2.78 bits per heavy atom. The van der Waals surface area contributed by atoms with Gasteiger partial charge in [-0.15, -0.1) is 11.3 Å². The van der Waals surface area contributed by atoms with Crippen molar-refractivity contribution in [1.29, 1.82) is 0 Å². The standard InChI is InChI=1S/C24H24ClN3O3S/c1-15-21(32-23(27-15)17-7-9-19(25)10-8-17)22(29)26-13-16-4-3-11-28(14-16)20-6-2-5-18(12-20)24(30)31/h2,5-10,12,16H,3-4,11,13-14H2,1H3,(H,26,29)(H,30,31). The molecular formula is C24H24ClN3O3S. The van der Waals surface area contributed by atoms with Gasteiger partial charge in [0.25, 0.3) is 5.91 Å². The van der Waals surface area contributed by atoms with Crippen molar-refractivity contribution in [3.63, 3.8) is 0 Å². The number of piperidine rings is 1. The van der Waals surface area contributed by atoms with Crippen LogP contribution >= 0.6 is 22.9 Å². The van der Waals surface area contributed by atoms with E-state index < -0.39 is 5.97 Å². The van der Waals surface area contributed by atoms with Crippen LogP contribution in [-0.2, 0) is 0 Å². The molecule has 6 nitrogen and oxygen atoms in total. The quantitative estimate of drug-likeness (QED) is 0.523. The molecule has 0 aliphatic carbocycles. The zero-order chi connectivity index (χ0) is 22.7. The maximum atomic E-state index is 12.8. The summed E-state index contributed by atoms with van der Waals surface area (Å²) in [4.78, 5) is 31.5. The molecule has 1 aliphatic heterocycles. The molecular weight excluding hydrogens is 446 g/mol. The number of thiazole rings is 1. The Hall–Kier alpha value is -2.90. The highest BCUT2D eigenvalue weighted by atomic mass is 35.5. The summed E-state index contributed by atoms with van der Waals surface area (Å²) >= 11 is 7.34. The summed E-state index contributed by atoms with van der Waals surface area (Å²) in [5, 5.41) is 13.8. The lowest BCUT2D eigenvalue weighted by atomic mass is 9.97. The minimum absolute atomic E-state index is 0.106. The Morgan fingerprint density at radius 1 is 1.25 bits per heavy atom. The number of rotatable bonds is 6. The number of aromatic carboxylic acids is 1. The van der Waals surface area contributed by atoms with Gasteiger partial charge in [-0.05, 0) is 56.0 Å². The number of carboxylic acids is 1. The van der Waals surface area contributed by atoms with Gasteiger partial charge in [0.05, 0.1) is 11.3 Å². The van der Waals surface area contributed by atoms with Crippen LogP contribution in [0.4, 0.5) is 5.69 Å². The summed E-state index contributed by atoms with van der Waals surface area (Å²) < 4.78 is 0. The average molecular weight is 470 g/mol. The van der Waals surface area contributed by atoms with Crippen LogP contribution < -0.4 is 10.2 Å². The van der Waals surface area contributed by atoms with Crippen molar-refractivity contribution < 1.29 is 14.7 Å². The minimum atomic E-state index is -0.925. The normalized spacial score (nSPS) is 16.1. The molecule has 1 atom stereocenters. The van der Waals surface area contributed by atoms with Crippen LogP contribution in [0.5, 0.6) is 0 Å². The van der Waals surface area contributed by atoms with Crippen molar-refractivity contribution in [2.45, 2.75) is 19.8 Å². The van der Waals surface area contributed by atoms with E-state index in [2.05, 4.69) is 15.2 Å². The fraction of sp³-hybridized carbons (Fsp3) is 0.292. The molecule has 166 valence electrons. The molecule has 32 heavy (non-hydrogen) atoms. The molecule has 2 aromatic carbocycles. The second kappa shape index (κ2) is 9.71. The largest absolute Gasteiger partial charge is 0.478 e. The fourth-order valence-corrected chi connectivity index (χ4v) is 5.06. The highest BCUT2D eigenvalue weighted by Gasteiger charge is 2.23. The van der Waals surface area contributed by atoms with Crippen LogP contribution in [-0.4, -0.2) is 41.6 Å². The molecule has 8 heteroatoms. The number of anilines is 1. The van der Waals surface area contributed by atoms with Gasteiger partial charge in [-0.1, -0.05) is 29.8 Å². The molecule has 1 aromatic heterocycles. The molecule has 3 aromatic rings. The van der Waals surface area contributed by atoms with Crippen LogP contribution in [0.1, 0.15) is 38.6 Å². The van der Waals surface area contributed by atoms with Gasteiger partial charge in [-0.25, -0.2) is 9.78 Å². The lowest BCUT2D eigenvalue weighted by molar-refractivity contribution is 0.0696. The van der Waals surface area contributed by atoms with Crippen LogP contribution in [0.2, 0.25) is 5.02 Å². The highest BCUT2D eigenvalue weighted by molar-refractivity contribution is 7.17. The highest BCUT2D eigenvalue weighted by Crippen LogP contribution is 2.29. The lowest BCUT2D eigenvalue weighted by Crippen LogP contribution is -2.41. The topological polar surface area (TPSA) is 82.5 Å². The predicted molar refractivity (Wildman–Crippen MR) is 128 cm³/mol. The number of halogens is 1.